The molecule has 1 heterocycles. The van der Waals surface area contributed by atoms with E-state index < -0.39 is 6.04 Å². The van der Waals surface area contributed by atoms with Crippen LogP contribution in [0.15, 0.2) is 30.3 Å². The smallest absolute Gasteiger partial charge is 0.328 e. The van der Waals surface area contributed by atoms with Gasteiger partial charge in [-0.3, -0.25) is 4.79 Å². The number of ether oxygens (including phenoxy) is 1. The van der Waals surface area contributed by atoms with Gasteiger partial charge in [0.25, 0.3) is 0 Å². The van der Waals surface area contributed by atoms with Crippen LogP contribution in [-0.4, -0.2) is 29.9 Å². The highest BCUT2D eigenvalue weighted by Gasteiger charge is 2.41. The summed E-state index contributed by atoms with van der Waals surface area (Å²) in [5, 5.41) is 0. The van der Waals surface area contributed by atoms with Gasteiger partial charge in [0.1, 0.15) is 6.04 Å². The van der Waals surface area contributed by atoms with E-state index in [0.717, 1.165) is 5.56 Å². The van der Waals surface area contributed by atoms with Crippen molar-refractivity contribution in [3.05, 3.63) is 35.9 Å². The highest BCUT2D eigenvalue weighted by Crippen LogP contribution is 2.26. The average Bonchev–Trinajstić information content (AvgIpc) is 2.67. The number of rotatable bonds is 3. The molecule has 1 saturated heterocycles. The number of carbonyl (C=O) groups is 2. The Kier molecular flexibility index (Phi) is 3.65. The molecule has 0 unspecified atom stereocenters. The molecule has 1 aliphatic heterocycles. The van der Waals surface area contributed by atoms with Crippen molar-refractivity contribution < 1.29 is 14.3 Å². The van der Waals surface area contributed by atoms with E-state index in [1.54, 1.807) is 4.90 Å². The van der Waals surface area contributed by atoms with Crippen molar-refractivity contribution >= 4 is 11.9 Å². The maximum absolute atomic E-state index is 12.1. The lowest BCUT2D eigenvalue weighted by Gasteiger charge is -2.22. The summed E-state index contributed by atoms with van der Waals surface area (Å²) in [6.45, 7) is 2.31. The molecular weight excluding hydrogens is 230 g/mol. The van der Waals surface area contributed by atoms with E-state index in [0.29, 0.717) is 13.0 Å². The first-order chi connectivity index (χ1) is 8.63. The minimum Gasteiger partial charge on any atom is -0.467 e. The Morgan fingerprint density at radius 3 is 2.67 bits per heavy atom. The van der Waals surface area contributed by atoms with Crippen LogP contribution in [0.25, 0.3) is 0 Å². The van der Waals surface area contributed by atoms with Gasteiger partial charge in [-0.05, 0) is 12.0 Å². The van der Waals surface area contributed by atoms with Crippen molar-refractivity contribution in [2.75, 3.05) is 7.11 Å². The predicted octanol–water partition coefficient (Wildman–Crippen LogP) is 1.60. The molecule has 4 heteroatoms. The van der Waals surface area contributed by atoms with Crippen molar-refractivity contribution in [3.8, 4) is 0 Å². The summed E-state index contributed by atoms with van der Waals surface area (Å²) >= 11 is 0. The maximum atomic E-state index is 12.1. The van der Waals surface area contributed by atoms with Crippen LogP contribution in [0.4, 0.5) is 0 Å². The van der Waals surface area contributed by atoms with E-state index in [-0.39, 0.29) is 17.8 Å². The maximum Gasteiger partial charge on any atom is 0.328 e. The highest BCUT2D eigenvalue weighted by atomic mass is 16.5. The van der Waals surface area contributed by atoms with Crippen LogP contribution in [0.3, 0.4) is 0 Å². The fourth-order valence-electron chi connectivity index (χ4n) is 2.33. The summed E-state index contributed by atoms with van der Waals surface area (Å²) in [5.41, 5.74) is 1.02. The third-order valence-electron chi connectivity index (χ3n) is 3.33. The lowest BCUT2D eigenvalue weighted by molar-refractivity contribution is -0.149. The van der Waals surface area contributed by atoms with E-state index in [2.05, 4.69) is 0 Å². The van der Waals surface area contributed by atoms with Crippen molar-refractivity contribution in [3.63, 3.8) is 0 Å². The molecule has 1 amide bonds. The summed E-state index contributed by atoms with van der Waals surface area (Å²) in [7, 11) is 1.36. The summed E-state index contributed by atoms with van der Waals surface area (Å²) < 4.78 is 4.77. The zero-order chi connectivity index (χ0) is 13.1. The van der Waals surface area contributed by atoms with Crippen LogP contribution in [-0.2, 0) is 20.9 Å². The Morgan fingerprint density at radius 2 is 2.06 bits per heavy atom. The van der Waals surface area contributed by atoms with Crippen LogP contribution in [0.5, 0.6) is 0 Å². The fourth-order valence-corrected chi connectivity index (χ4v) is 2.33. The SMILES string of the molecule is COC(=O)[C@H]1C[C@H](C)C(=O)N1Cc1ccccc1. The third-order valence-corrected chi connectivity index (χ3v) is 3.33. The second-order valence-electron chi connectivity index (χ2n) is 4.63. The molecule has 0 aliphatic carbocycles. The molecule has 1 aliphatic rings. The van der Waals surface area contributed by atoms with Gasteiger partial charge in [-0.25, -0.2) is 4.79 Å². The van der Waals surface area contributed by atoms with Gasteiger partial charge in [-0.1, -0.05) is 37.3 Å². The molecule has 0 aromatic heterocycles. The van der Waals surface area contributed by atoms with Crippen molar-refractivity contribution in [2.45, 2.75) is 25.9 Å². The van der Waals surface area contributed by atoms with Crippen LogP contribution < -0.4 is 0 Å². The molecule has 0 saturated carbocycles. The van der Waals surface area contributed by atoms with Crippen molar-refractivity contribution in [1.29, 1.82) is 0 Å². The standard InChI is InChI=1S/C14H17NO3/c1-10-8-12(14(17)18-2)15(13(10)16)9-11-6-4-3-5-7-11/h3-7,10,12H,8-9H2,1-2H3/t10-,12+/m0/s1. The van der Waals surface area contributed by atoms with Gasteiger partial charge in [0.2, 0.25) is 5.91 Å². The van der Waals surface area contributed by atoms with Crippen LogP contribution in [0, 0.1) is 5.92 Å². The zero-order valence-corrected chi connectivity index (χ0v) is 10.6. The van der Waals surface area contributed by atoms with Gasteiger partial charge < -0.3 is 9.64 Å². The van der Waals surface area contributed by atoms with E-state index in [4.69, 9.17) is 4.74 Å². The summed E-state index contributed by atoms with van der Waals surface area (Å²) in [4.78, 5) is 25.4. The minimum atomic E-state index is -0.447. The Bertz CT molecular complexity index is 444. The zero-order valence-electron chi connectivity index (χ0n) is 10.6. The lowest BCUT2D eigenvalue weighted by atomic mass is 10.1. The Balaban J connectivity index is 2.17. The molecule has 4 nitrogen and oxygen atoms in total. The van der Waals surface area contributed by atoms with Gasteiger partial charge in [0.15, 0.2) is 0 Å². The highest BCUT2D eigenvalue weighted by molar-refractivity contribution is 5.89. The van der Waals surface area contributed by atoms with Crippen LogP contribution >= 0.6 is 0 Å². The molecule has 2 atom stereocenters. The molecule has 1 fully saturated rings. The Labute approximate surface area is 107 Å². The molecule has 0 bridgehead atoms. The summed E-state index contributed by atoms with van der Waals surface area (Å²) in [5.74, 6) is -0.421. The molecule has 96 valence electrons. The molecule has 0 N–H and O–H groups in total. The van der Waals surface area contributed by atoms with Crippen molar-refractivity contribution in [2.24, 2.45) is 5.92 Å². The molecule has 1 aromatic carbocycles. The first-order valence-electron chi connectivity index (χ1n) is 6.05. The van der Waals surface area contributed by atoms with Gasteiger partial charge in [-0.2, -0.15) is 0 Å². The Morgan fingerprint density at radius 1 is 1.39 bits per heavy atom. The third kappa shape index (κ3) is 2.37. The van der Waals surface area contributed by atoms with E-state index in [1.165, 1.54) is 7.11 Å². The number of likely N-dealkylation sites (tertiary alicyclic amines) is 1. The van der Waals surface area contributed by atoms with Gasteiger partial charge >= 0.3 is 5.97 Å². The molecule has 0 spiro atoms. The Hall–Kier alpha value is -1.84. The lowest BCUT2D eigenvalue weighted by Crippen LogP contribution is -2.38. The number of hydrogen-bond acceptors (Lipinski definition) is 3. The first kappa shape index (κ1) is 12.6. The number of hydrogen-bond donors (Lipinski definition) is 0. The number of benzene rings is 1. The van der Waals surface area contributed by atoms with Crippen LogP contribution in [0.2, 0.25) is 0 Å². The van der Waals surface area contributed by atoms with Crippen molar-refractivity contribution in [1.82, 2.24) is 4.90 Å². The second kappa shape index (κ2) is 5.21. The fraction of sp³-hybridized carbons (Fsp3) is 0.429. The second-order valence-corrected chi connectivity index (χ2v) is 4.63. The summed E-state index contributed by atoms with van der Waals surface area (Å²) in [6.07, 6.45) is 0.540. The van der Waals surface area contributed by atoms with Gasteiger partial charge in [-0.15, -0.1) is 0 Å². The minimum absolute atomic E-state index is 0.0225. The largest absolute Gasteiger partial charge is 0.467 e. The number of nitrogens with zero attached hydrogens (tertiary/aromatic N) is 1. The number of carbonyl (C=O) groups excluding carboxylic acids is 2. The number of methoxy groups -OCH3 is 1. The van der Waals surface area contributed by atoms with E-state index in [9.17, 15) is 9.59 Å². The van der Waals surface area contributed by atoms with Gasteiger partial charge in [0, 0.05) is 12.5 Å². The molecule has 2 rings (SSSR count). The monoisotopic (exact) mass is 247 g/mol. The average molecular weight is 247 g/mol. The summed E-state index contributed by atoms with van der Waals surface area (Å²) in [6, 6.07) is 9.22. The molecular formula is C14H17NO3. The molecule has 1 aromatic rings. The molecule has 18 heavy (non-hydrogen) atoms. The number of amides is 1. The molecule has 0 radical (unpaired) electrons. The van der Waals surface area contributed by atoms with Gasteiger partial charge in [0.05, 0.1) is 7.11 Å². The van der Waals surface area contributed by atoms with E-state index in [1.807, 2.05) is 37.3 Å². The number of esters is 1. The quantitative estimate of drug-likeness (QED) is 0.762. The predicted molar refractivity (Wildman–Crippen MR) is 66.6 cm³/mol. The van der Waals surface area contributed by atoms with Crippen LogP contribution in [0.1, 0.15) is 18.9 Å². The van der Waals surface area contributed by atoms with E-state index >= 15 is 0 Å². The normalized spacial score (nSPS) is 23.2. The first-order valence-corrected chi connectivity index (χ1v) is 6.05. The topological polar surface area (TPSA) is 46.6 Å².